The van der Waals surface area contributed by atoms with Crippen LogP contribution in [-0.2, 0) is 9.53 Å². The second kappa shape index (κ2) is 4.82. The zero-order valence-electron chi connectivity index (χ0n) is 9.28. The molecule has 0 aromatic heterocycles. The van der Waals surface area contributed by atoms with E-state index in [0.29, 0.717) is 12.3 Å². The van der Waals surface area contributed by atoms with E-state index in [9.17, 15) is 4.79 Å². The molecule has 0 heterocycles. The summed E-state index contributed by atoms with van der Waals surface area (Å²) in [6.07, 6.45) is 9.49. The maximum Gasteiger partial charge on any atom is 0.306 e. The van der Waals surface area contributed by atoms with Crippen molar-refractivity contribution in [2.75, 3.05) is 0 Å². The predicted molar refractivity (Wildman–Crippen MR) is 59.4 cm³/mol. The first-order chi connectivity index (χ1) is 7.29. The number of hydrogen-bond donors (Lipinski definition) is 0. The van der Waals surface area contributed by atoms with Gasteiger partial charge in [0.05, 0.1) is 0 Å². The van der Waals surface area contributed by atoms with Crippen molar-refractivity contribution in [3.05, 3.63) is 12.7 Å². The molecular weight excluding hydrogens is 188 g/mol. The highest BCUT2D eigenvalue weighted by Gasteiger charge is 2.41. The summed E-state index contributed by atoms with van der Waals surface area (Å²) in [5.41, 5.74) is 0. The van der Waals surface area contributed by atoms with Crippen molar-refractivity contribution in [3.63, 3.8) is 0 Å². The monoisotopic (exact) mass is 208 g/mol. The molecule has 2 bridgehead atoms. The summed E-state index contributed by atoms with van der Waals surface area (Å²) < 4.78 is 5.52. The molecule has 2 saturated carbocycles. The highest BCUT2D eigenvalue weighted by molar-refractivity contribution is 5.69. The first-order valence-corrected chi connectivity index (χ1v) is 6.10. The number of hydrogen-bond acceptors (Lipinski definition) is 2. The van der Waals surface area contributed by atoms with E-state index >= 15 is 0 Å². The van der Waals surface area contributed by atoms with E-state index in [2.05, 4.69) is 6.58 Å². The molecule has 0 saturated heterocycles. The molecule has 0 amide bonds. The number of fused-ring (bicyclic) bond motifs is 2. The lowest BCUT2D eigenvalue weighted by Gasteiger charge is -2.21. The lowest BCUT2D eigenvalue weighted by molar-refractivity contribution is -0.151. The summed E-state index contributed by atoms with van der Waals surface area (Å²) in [6.45, 7) is 3.64. The number of unbranched alkanes of at least 4 members (excludes halogenated alkanes) is 1. The van der Waals surface area contributed by atoms with Gasteiger partial charge in [-0.25, -0.2) is 0 Å². The van der Waals surface area contributed by atoms with Crippen LogP contribution in [0, 0.1) is 11.8 Å². The first kappa shape index (κ1) is 10.7. The van der Waals surface area contributed by atoms with Crippen LogP contribution in [0.2, 0.25) is 0 Å². The quantitative estimate of drug-likeness (QED) is 0.394. The van der Waals surface area contributed by atoms with Gasteiger partial charge in [-0.2, -0.15) is 0 Å². The third-order valence-electron chi connectivity index (χ3n) is 3.75. The normalized spacial score (nSPS) is 32.9. The third-order valence-corrected chi connectivity index (χ3v) is 3.75. The molecule has 15 heavy (non-hydrogen) atoms. The smallest absolute Gasteiger partial charge is 0.306 e. The highest BCUT2D eigenvalue weighted by atomic mass is 16.5. The Morgan fingerprint density at radius 3 is 2.87 bits per heavy atom. The van der Waals surface area contributed by atoms with Crippen LogP contribution in [0.15, 0.2) is 12.7 Å². The topological polar surface area (TPSA) is 26.3 Å². The van der Waals surface area contributed by atoms with Crippen LogP contribution < -0.4 is 0 Å². The van der Waals surface area contributed by atoms with Crippen LogP contribution in [0.25, 0.3) is 0 Å². The number of ether oxygens (including phenoxy) is 1. The molecular formula is C13H20O2. The summed E-state index contributed by atoms with van der Waals surface area (Å²) >= 11 is 0. The van der Waals surface area contributed by atoms with Crippen molar-refractivity contribution in [2.45, 2.75) is 51.0 Å². The van der Waals surface area contributed by atoms with Crippen LogP contribution >= 0.6 is 0 Å². The molecule has 2 aliphatic carbocycles. The Morgan fingerprint density at radius 2 is 2.27 bits per heavy atom. The number of carbonyl (C=O) groups is 1. The Balaban J connectivity index is 1.68. The van der Waals surface area contributed by atoms with E-state index in [0.717, 1.165) is 25.2 Å². The maximum absolute atomic E-state index is 11.5. The Morgan fingerprint density at radius 1 is 1.40 bits per heavy atom. The lowest BCUT2D eigenvalue weighted by atomic mass is 9.98. The Labute approximate surface area is 91.7 Å². The van der Waals surface area contributed by atoms with Gasteiger partial charge in [0.15, 0.2) is 0 Å². The van der Waals surface area contributed by atoms with E-state index in [1.165, 1.54) is 19.3 Å². The molecule has 3 atom stereocenters. The molecule has 3 unspecified atom stereocenters. The summed E-state index contributed by atoms with van der Waals surface area (Å²) in [5.74, 6) is 1.52. The van der Waals surface area contributed by atoms with Crippen molar-refractivity contribution >= 4 is 5.97 Å². The van der Waals surface area contributed by atoms with E-state index < -0.39 is 0 Å². The number of esters is 1. The molecule has 2 rings (SSSR count). The number of allylic oxidation sites excluding steroid dienone is 1. The standard InChI is InChI=1S/C13H20O2/c1-2-3-4-5-13(14)15-12-9-10-6-7-11(12)8-10/h2,10-12H,1,3-9H2. The van der Waals surface area contributed by atoms with Crippen molar-refractivity contribution in [1.82, 2.24) is 0 Å². The van der Waals surface area contributed by atoms with Gasteiger partial charge in [-0.1, -0.05) is 6.08 Å². The van der Waals surface area contributed by atoms with Crippen molar-refractivity contribution in [2.24, 2.45) is 11.8 Å². The Kier molecular flexibility index (Phi) is 3.45. The molecule has 2 heteroatoms. The Hall–Kier alpha value is -0.790. The van der Waals surface area contributed by atoms with Gasteiger partial charge < -0.3 is 4.74 Å². The van der Waals surface area contributed by atoms with Gasteiger partial charge in [0.25, 0.3) is 0 Å². The molecule has 84 valence electrons. The summed E-state index contributed by atoms with van der Waals surface area (Å²) in [4.78, 5) is 11.5. The predicted octanol–water partition coefficient (Wildman–Crippen LogP) is 3.07. The summed E-state index contributed by atoms with van der Waals surface area (Å²) in [6, 6.07) is 0. The lowest BCUT2D eigenvalue weighted by Crippen LogP contribution is -2.23. The molecule has 0 aliphatic heterocycles. The second-order valence-corrected chi connectivity index (χ2v) is 4.88. The zero-order valence-corrected chi connectivity index (χ0v) is 9.28. The van der Waals surface area contributed by atoms with Crippen molar-refractivity contribution < 1.29 is 9.53 Å². The van der Waals surface area contributed by atoms with E-state index in [4.69, 9.17) is 4.74 Å². The minimum atomic E-state index is -0.00519. The highest BCUT2D eigenvalue weighted by Crippen LogP contribution is 2.45. The van der Waals surface area contributed by atoms with E-state index in [-0.39, 0.29) is 12.1 Å². The number of carbonyl (C=O) groups excluding carboxylic acids is 1. The van der Waals surface area contributed by atoms with Gasteiger partial charge in [0.1, 0.15) is 6.10 Å². The van der Waals surface area contributed by atoms with Crippen LogP contribution in [0.3, 0.4) is 0 Å². The largest absolute Gasteiger partial charge is 0.462 e. The van der Waals surface area contributed by atoms with Crippen LogP contribution in [-0.4, -0.2) is 12.1 Å². The first-order valence-electron chi connectivity index (χ1n) is 6.10. The van der Waals surface area contributed by atoms with E-state index in [1.54, 1.807) is 0 Å². The van der Waals surface area contributed by atoms with Gasteiger partial charge in [0.2, 0.25) is 0 Å². The third kappa shape index (κ3) is 2.61. The van der Waals surface area contributed by atoms with Gasteiger partial charge in [0, 0.05) is 6.42 Å². The minimum Gasteiger partial charge on any atom is -0.462 e. The second-order valence-electron chi connectivity index (χ2n) is 4.88. The summed E-state index contributed by atoms with van der Waals surface area (Å²) in [7, 11) is 0. The number of rotatable bonds is 5. The average Bonchev–Trinajstić information content (AvgIpc) is 2.79. The fourth-order valence-corrected chi connectivity index (χ4v) is 2.95. The fraction of sp³-hybridized carbons (Fsp3) is 0.769. The molecule has 0 spiro atoms. The van der Waals surface area contributed by atoms with Crippen LogP contribution in [0.4, 0.5) is 0 Å². The molecule has 0 radical (unpaired) electrons. The molecule has 2 nitrogen and oxygen atoms in total. The molecule has 0 aromatic rings. The van der Waals surface area contributed by atoms with Gasteiger partial charge in [-0.15, -0.1) is 6.58 Å². The van der Waals surface area contributed by atoms with Crippen molar-refractivity contribution in [1.29, 1.82) is 0 Å². The molecule has 2 fully saturated rings. The molecule has 2 aliphatic rings. The fourth-order valence-electron chi connectivity index (χ4n) is 2.95. The zero-order chi connectivity index (χ0) is 10.7. The SMILES string of the molecule is C=CCCCC(=O)OC1CC2CCC1C2. The summed E-state index contributed by atoms with van der Waals surface area (Å²) in [5, 5.41) is 0. The van der Waals surface area contributed by atoms with E-state index in [1.807, 2.05) is 6.08 Å². The van der Waals surface area contributed by atoms with Crippen LogP contribution in [0.5, 0.6) is 0 Å². The average molecular weight is 208 g/mol. The molecule has 0 aromatic carbocycles. The van der Waals surface area contributed by atoms with Gasteiger partial charge in [-0.05, 0) is 50.4 Å². The molecule has 0 N–H and O–H groups in total. The van der Waals surface area contributed by atoms with Gasteiger partial charge in [-0.3, -0.25) is 4.79 Å². The van der Waals surface area contributed by atoms with Crippen molar-refractivity contribution in [3.8, 4) is 0 Å². The van der Waals surface area contributed by atoms with Gasteiger partial charge >= 0.3 is 5.97 Å². The maximum atomic E-state index is 11.5. The van der Waals surface area contributed by atoms with Crippen LogP contribution in [0.1, 0.15) is 44.9 Å². The Bertz CT molecular complexity index is 247. The minimum absolute atomic E-state index is 0.00519.